The lowest BCUT2D eigenvalue weighted by molar-refractivity contribution is 0.162. The van der Waals surface area contributed by atoms with E-state index in [9.17, 15) is 9.18 Å². The summed E-state index contributed by atoms with van der Waals surface area (Å²) in [5, 5.41) is 3.21. The maximum atomic E-state index is 13.8. The minimum absolute atomic E-state index is 0.0337. The fraction of sp³-hybridized carbons (Fsp3) is 0.450. The van der Waals surface area contributed by atoms with Gasteiger partial charge in [0.05, 0.1) is 6.04 Å². The van der Waals surface area contributed by atoms with E-state index >= 15 is 0 Å². The van der Waals surface area contributed by atoms with Crippen molar-refractivity contribution >= 4 is 6.03 Å². The summed E-state index contributed by atoms with van der Waals surface area (Å²) in [6.45, 7) is 1.40. The van der Waals surface area contributed by atoms with Crippen molar-refractivity contribution in [1.29, 1.82) is 0 Å². The van der Waals surface area contributed by atoms with Gasteiger partial charge in [0.1, 0.15) is 5.82 Å². The fourth-order valence-electron chi connectivity index (χ4n) is 4.13. The fourth-order valence-corrected chi connectivity index (χ4v) is 4.13. The van der Waals surface area contributed by atoms with Gasteiger partial charge >= 0.3 is 6.03 Å². The molecule has 4 rings (SSSR count). The molecule has 1 aliphatic heterocycles. The molecular formula is C20H24FN3O. The second kappa shape index (κ2) is 6.90. The number of carbonyl (C=O) groups is 1. The summed E-state index contributed by atoms with van der Waals surface area (Å²) in [5.74, 6) is -0.270. The Balaban J connectivity index is 1.62. The van der Waals surface area contributed by atoms with Gasteiger partial charge in [0.2, 0.25) is 0 Å². The number of halogens is 1. The molecule has 0 radical (unpaired) electrons. The van der Waals surface area contributed by atoms with E-state index < -0.39 is 0 Å². The number of amides is 2. The van der Waals surface area contributed by atoms with Crippen LogP contribution in [0.4, 0.5) is 9.18 Å². The number of fused-ring (bicyclic) bond motifs is 1. The van der Waals surface area contributed by atoms with Crippen LogP contribution < -0.4 is 5.32 Å². The second-order valence-electron chi connectivity index (χ2n) is 7.06. The average Bonchev–Trinajstić information content (AvgIpc) is 3.10. The quantitative estimate of drug-likeness (QED) is 0.878. The smallest absolute Gasteiger partial charge is 0.318 e. The van der Waals surface area contributed by atoms with Crippen molar-refractivity contribution in [2.45, 2.75) is 50.7 Å². The van der Waals surface area contributed by atoms with Crippen LogP contribution in [0.25, 0.3) is 0 Å². The first-order chi connectivity index (χ1) is 12.2. The van der Waals surface area contributed by atoms with Gasteiger partial charge in [-0.3, -0.25) is 0 Å². The lowest BCUT2D eigenvalue weighted by Gasteiger charge is -2.38. The average molecular weight is 341 g/mol. The van der Waals surface area contributed by atoms with Crippen LogP contribution in [-0.2, 0) is 6.54 Å². The zero-order valence-corrected chi connectivity index (χ0v) is 14.3. The summed E-state index contributed by atoms with van der Waals surface area (Å²) in [6.07, 6.45) is 7.76. The Hall–Kier alpha value is -2.30. The monoisotopic (exact) mass is 341 g/mol. The molecule has 1 unspecified atom stereocenters. The first kappa shape index (κ1) is 16.2. The van der Waals surface area contributed by atoms with Crippen LogP contribution in [-0.4, -0.2) is 28.1 Å². The lowest BCUT2D eigenvalue weighted by atomic mass is 9.95. The molecule has 1 saturated carbocycles. The largest absolute Gasteiger partial charge is 0.348 e. The van der Waals surface area contributed by atoms with Crippen molar-refractivity contribution in [2.24, 2.45) is 0 Å². The Kier molecular flexibility index (Phi) is 4.47. The zero-order chi connectivity index (χ0) is 17.2. The summed E-state index contributed by atoms with van der Waals surface area (Å²) in [7, 11) is 0. The Morgan fingerprint density at radius 3 is 2.72 bits per heavy atom. The molecule has 2 aliphatic rings. The summed E-state index contributed by atoms with van der Waals surface area (Å²) in [5.41, 5.74) is 1.86. The molecule has 0 saturated heterocycles. The molecular weight excluding hydrogens is 317 g/mol. The van der Waals surface area contributed by atoms with E-state index in [1.165, 1.54) is 31.4 Å². The van der Waals surface area contributed by atoms with Gasteiger partial charge in [-0.05, 0) is 42.7 Å². The molecule has 2 amide bonds. The van der Waals surface area contributed by atoms with Gasteiger partial charge in [-0.2, -0.15) is 0 Å². The standard InChI is InChI=1S/C20H24FN3O/c21-16-7-4-6-15(14-16)19-18-10-5-11-23(18)12-13-24(19)20(25)22-17-8-2-1-3-9-17/h4-7,10-11,14,17,19H,1-3,8-9,12-13H2,(H,22,25). The van der Waals surface area contributed by atoms with Crippen molar-refractivity contribution in [3.63, 3.8) is 0 Å². The highest BCUT2D eigenvalue weighted by molar-refractivity contribution is 5.76. The molecule has 1 fully saturated rings. The number of nitrogens with one attached hydrogen (secondary N) is 1. The van der Waals surface area contributed by atoms with Crippen molar-refractivity contribution in [2.75, 3.05) is 6.54 Å². The third-order valence-corrected chi connectivity index (χ3v) is 5.40. The van der Waals surface area contributed by atoms with Crippen molar-refractivity contribution in [1.82, 2.24) is 14.8 Å². The molecule has 0 bridgehead atoms. The topological polar surface area (TPSA) is 37.3 Å². The first-order valence-electron chi connectivity index (χ1n) is 9.20. The van der Waals surface area contributed by atoms with Crippen LogP contribution in [0, 0.1) is 5.82 Å². The van der Waals surface area contributed by atoms with Gasteiger partial charge in [0.25, 0.3) is 0 Å². The maximum Gasteiger partial charge on any atom is 0.318 e. The van der Waals surface area contributed by atoms with Gasteiger partial charge in [-0.1, -0.05) is 31.4 Å². The zero-order valence-electron chi connectivity index (χ0n) is 14.3. The molecule has 132 valence electrons. The molecule has 2 heterocycles. The molecule has 0 spiro atoms. The Bertz CT molecular complexity index is 751. The Morgan fingerprint density at radius 1 is 1.08 bits per heavy atom. The van der Waals surface area contributed by atoms with Crippen molar-refractivity contribution in [3.05, 3.63) is 59.7 Å². The third kappa shape index (κ3) is 3.28. The minimum Gasteiger partial charge on any atom is -0.348 e. The molecule has 1 aromatic carbocycles. The van der Waals surface area contributed by atoms with Crippen molar-refractivity contribution < 1.29 is 9.18 Å². The number of hydrogen-bond acceptors (Lipinski definition) is 1. The minimum atomic E-state index is -0.270. The van der Waals surface area contributed by atoms with E-state index in [1.54, 1.807) is 6.07 Å². The van der Waals surface area contributed by atoms with Crippen LogP contribution in [0.2, 0.25) is 0 Å². The summed E-state index contributed by atoms with van der Waals surface area (Å²) >= 11 is 0. The van der Waals surface area contributed by atoms with Crippen LogP contribution in [0.15, 0.2) is 42.6 Å². The van der Waals surface area contributed by atoms with E-state index in [0.717, 1.165) is 30.6 Å². The highest BCUT2D eigenvalue weighted by atomic mass is 19.1. The Morgan fingerprint density at radius 2 is 1.92 bits per heavy atom. The van der Waals surface area contributed by atoms with E-state index in [4.69, 9.17) is 0 Å². The number of benzene rings is 1. The summed E-state index contributed by atoms with van der Waals surface area (Å²) in [4.78, 5) is 14.8. The molecule has 2 aromatic rings. The van der Waals surface area contributed by atoms with Crippen LogP contribution in [0.1, 0.15) is 49.4 Å². The molecule has 25 heavy (non-hydrogen) atoms. The van der Waals surface area contributed by atoms with Crippen LogP contribution in [0.3, 0.4) is 0 Å². The Labute approximate surface area is 147 Å². The van der Waals surface area contributed by atoms with E-state index in [1.807, 2.05) is 29.3 Å². The maximum absolute atomic E-state index is 13.8. The number of carbonyl (C=O) groups excluding carboxylic acids is 1. The second-order valence-corrected chi connectivity index (χ2v) is 7.06. The SMILES string of the molecule is O=C(NC1CCCCC1)N1CCn2cccc2C1c1cccc(F)c1. The summed E-state index contributed by atoms with van der Waals surface area (Å²) < 4.78 is 16.0. The number of urea groups is 1. The van der Waals surface area contributed by atoms with Gasteiger partial charge in [0.15, 0.2) is 0 Å². The predicted octanol–water partition coefficient (Wildman–Crippen LogP) is 4.07. The first-order valence-corrected chi connectivity index (χ1v) is 9.20. The summed E-state index contributed by atoms with van der Waals surface area (Å²) in [6, 6.07) is 10.6. The van der Waals surface area contributed by atoms with E-state index in [0.29, 0.717) is 6.54 Å². The number of hydrogen-bond donors (Lipinski definition) is 1. The van der Waals surface area contributed by atoms with Crippen LogP contribution >= 0.6 is 0 Å². The van der Waals surface area contributed by atoms with Crippen LogP contribution in [0.5, 0.6) is 0 Å². The molecule has 1 N–H and O–H groups in total. The van der Waals surface area contributed by atoms with E-state index in [2.05, 4.69) is 9.88 Å². The molecule has 1 aliphatic carbocycles. The molecule has 1 atom stereocenters. The molecule has 4 nitrogen and oxygen atoms in total. The lowest BCUT2D eigenvalue weighted by Crippen LogP contribution is -2.50. The molecule has 5 heteroatoms. The number of aromatic nitrogens is 1. The van der Waals surface area contributed by atoms with Gasteiger partial charge in [-0.25, -0.2) is 9.18 Å². The molecule has 1 aromatic heterocycles. The van der Waals surface area contributed by atoms with Gasteiger partial charge in [0, 0.05) is 31.0 Å². The third-order valence-electron chi connectivity index (χ3n) is 5.40. The number of rotatable bonds is 2. The number of nitrogens with zero attached hydrogens (tertiary/aromatic N) is 2. The normalized spacial score (nSPS) is 21.0. The van der Waals surface area contributed by atoms with Gasteiger partial charge < -0.3 is 14.8 Å². The van der Waals surface area contributed by atoms with E-state index in [-0.39, 0.29) is 23.9 Å². The predicted molar refractivity (Wildman–Crippen MR) is 94.8 cm³/mol. The highest BCUT2D eigenvalue weighted by Gasteiger charge is 2.33. The van der Waals surface area contributed by atoms with Crippen molar-refractivity contribution in [3.8, 4) is 0 Å². The van der Waals surface area contributed by atoms with Gasteiger partial charge in [-0.15, -0.1) is 0 Å². The highest BCUT2D eigenvalue weighted by Crippen LogP contribution is 2.33.